The Kier molecular flexibility index (Phi) is 4.12. The number of halogens is 1. The van der Waals surface area contributed by atoms with Crippen LogP contribution in [0.5, 0.6) is 11.5 Å². The van der Waals surface area contributed by atoms with Crippen molar-refractivity contribution in [1.82, 2.24) is 0 Å². The van der Waals surface area contributed by atoms with E-state index in [1.165, 1.54) is 18.4 Å². The number of ether oxygens (including phenoxy) is 1. The molecule has 0 aliphatic rings. The van der Waals surface area contributed by atoms with Gasteiger partial charge in [-0.3, -0.25) is 0 Å². The lowest BCUT2D eigenvalue weighted by molar-refractivity contribution is 0.482. The van der Waals surface area contributed by atoms with E-state index in [0.29, 0.717) is 17.4 Å². The largest absolute Gasteiger partial charge is 0.457 e. The Bertz CT molecular complexity index is 646. The first-order chi connectivity index (χ1) is 8.99. The molecule has 0 radical (unpaired) electrons. The predicted molar refractivity (Wildman–Crippen MR) is 75.6 cm³/mol. The average molecular weight is 297 g/mol. The molecular weight excluding hydrogens is 284 g/mol. The molecule has 0 aliphatic carbocycles. The van der Waals surface area contributed by atoms with E-state index in [1.54, 1.807) is 12.1 Å². The van der Waals surface area contributed by atoms with Gasteiger partial charge in [0.1, 0.15) is 11.5 Å². The molecule has 0 atom stereocenters. The summed E-state index contributed by atoms with van der Waals surface area (Å²) in [4.78, 5) is 0.275. The maximum atomic E-state index is 11.3. The molecular formula is C14H13ClO3S. The maximum Gasteiger partial charge on any atom is 0.175 e. The average Bonchev–Trinajstić information content (AvgIpc) is 2.39. The highest BCUT2D eigenvalue weighted by atomic mass is 35.5. The molecule has 19 heavy (non-hydrogen) atoms. The van der Waals surface area contributed by atoms with Gasteiger partial charge in [-0.25, -0.2) is 8.42 Å². The van der Waals surface area contributed by atoms with E-state index in [0.717, 1.165) is 5.56 Å². The number of alkyl halides is 1. The van der Waals surface area contributed by atoms with E-state index in [-0.39, 0.29) is 4.90 Å². The summed E-state index contributed by atoms with van der Waals surface area (Å²) < 4.78 is 28.2. The van der Waals surface area contributed by atoms with Gasteiger partial charge in [0, 0.05) is 12.1 Å². The standard InChI is InChI=1S/C14H13ClO3S/c1-19(16,17)14-8-6-13(7-9-14)18-12-4-2-11(10-15)3-5-12/h2-9H,10H2,1H3. The number of rotatable bonds is 4. The van der Waals surface area contributed by atoms with Crippen molar-refractivity contribution in [1.29, 1.82) is 0 Å². The third-order valence-corrected chi connectivity index (χ3v) is 4.00. The molecule has 0 saturated carbocycles. The molecule has 0 aromatic heterocycles. The quantitative estimate of drug-likeness (QED) is 0.809. The van der Waals surface area contributed by atoms with Crippen LogP contribution in [0.4, 0.5) is 0 Å². The van der Waals surface area contributed by atoms with Crippen molar-refractivity contribution in [2.75, 3.05) is 6.26 Å². The normalized spacial score (nSPS) is 11.3. The molecule has 2 aromatic rings. The maximum absolute atomic E-state index is 11.3. The molecule has 2 aromatic carbocycles. The Hall–Kier alpha value is -1.52. The van der Waals surface area contributed by atoms with Crippen LogP contribution in [0.1, 0.15) is 5.56 Å². The molecule has 0 amide bonds. The van der Waals surface area contributed by atoms with Crippen LogP contribution in [0.3, 0.4) is 0 Å². The van der Waals surface area contributed by atoms with Crippen LogP contribution in [0.15, 0.2) is 53.4 Å². The first kappa shape index (κ1) is 13.9. The summed E-state index contributed by atoms with van der Waals surface area (Å²) in [5, 5.41) is 0. The van der Waals surface area contributed by atoms with Crippen LogP contribution in [-0.2, 0) is 15.7 Å². The molecule has 3 nitrogen and oxygen atoms in total. The molecule has 0 heterocycles. The highest BCUT2D eigenvalue weighted by Gasteiger charge is 2.06. The lowest BCUT2D eigenvalue weighted by Gasteiger charge is -2.06. The fourth-order valence-electron chi connectivity index (χ4n) is 1.54. The molecule has 0 spiro atoms. The molecule has 0 saturated heterocycles. The Labute approximate surface area is 117 Å². The van der Waals surface area contributed by atoms with Crippen LogP contribution in [0.2, 0.25) is 0 Å². The topological polar surface area (TPSA) is 43.4 Å². The van der Waals surface area contributed by atoms with Gasteiger partial charge in [0.15, 0.2) is 9.84 Å². The number of hydrogen-bond donors (Lipinski definition) is 0. The summed E-state index contributed by atoms with van der Waals surface area (Å²) in [6.07, 6.45) is 1.17. The third-order valence-electron chi connectivity index (χ3n) is 2.57. The zero-order valence-electron chi connectivity index (χ0n) is 10.3. The highest BCUT2D eigenvalue weighted by molar-refractivity contribution is 7.90. The Balaban J connectivity index is 2.15. The lowest BCUT2D eigenvalue weighted by Crippen LogP contribution is -1.96. The van der Waals surface area contributed by atoms with Gasteiger partial charge in [0.05, 0.1) is 4.90 Å². The van der Waals surface area contributed by atoms with Gasteiger partial charge >= 0.3 is 0 Å². The Morgan fingerprint density at radius 3 is 1.84 bits per heavy atom. The number of benzene rings is 2. The SMILES string of the molecule is CS(=O)(=O)c1ccc(Oc2ccc(CCl)cc2)cc1. The van der Waals surface area contributed by atoms with Crippen LogP contribution in [0, 0.1) is 0 Å². The van der Waals surface area contributed by atoms with Crippen molar-refractivity contribution in [2.45, 2.75) is 10.8 Å². The van der Waals surface area contributed by atoms with Gasteiger partial charge in [-0.05, 0) is 42.0 Å². The van der Waals surface area contributed by atoms with Crippen LogP contribution in [-0.4, -0.2) is 14.7 Å². The van der Waals surface area contributed by atoms with Gasteiger partial charge in [0.2, 0.25) is 0 Å². The van der Waals surface area contributed by atoms with Crippen molar-refractivity contribution < 1.29 is 13.2 Å². The zero-order valence-corrected chi connectivity index (χ0v) is 11.9. The van der Waals surface area contributed by atoms with E-state index >= 15 is 0 Å². The van der Waals surface area contributed by atoms with Crippen molar-refractivity contribution in [3.63, 3.8) is 0 Å². The highest BCUT2D eigenvalue weighted by Crippen LogP contribution is 2.23. The van der Waals surface area contributed by atoms with E-state index in [9.17, 15) is 8.42 Å². The molecule has 100 valence electrons. The summed E-state index contributed by atoms with van der Waals surface area (Å²) >= 11 is 5.70. The molecule has 0 aliphatic heterocycles. The third kappa shape index (κ3) is 3.72. The summed E-state index contributed by atoms with van der Waals surface area (Å²) in [5.41, 5.74) is 1.02. The van der Waals surface area contributed by atoms with Crippen molar-refractivity contribution in [2.24, 2.45) is 0 Å². The monoisotopic (exact) mass is 296 g/mol. The minimum atomic E-state index is -3.17. The van der Waals surface area contributed by atoms with Crippen LogP contribution in [0.25, 0.3) is 0 Å². The number of sulfone groups is 1. The molecule has 2 rings (SSSR count). The minimum absolute atomic E-state index is 0.275. The molecule has 0 N–H and O–H groups in total. The second kappa shape index (κ2) is 5.63. The molecule has 0 unspecified atom stereocenters. The van der Waals surface area contributed by atoms with Gasteiger partial charge in [0.25, 0.3) is 0 Å². The fraction of sp³-hybridized carbons (Fsp3) is 0.143. The Morgan fingerprint density at radius 1 is 0.947 bits per heavy atom. The first-order valence-corrected chi connectivity index (χ1v) is 8.04. The van der Waals surface area contributed by atoms with Gasteiger partial charge in [-0.2, -0.15) is 0 Å². The van der Waals surface area contributed by atoms with Crippen LogP contribution >= 0.6 is 11.6 Å². The molecule has 5 heteroatoms. The fourth-order valence-corrected chi connectivity index (χ4v) is 2.35. The lowest BCUT2D eigenvalue weighted by atomic mass is 10.2. The zero-order chi connectivity index (χ0) is 13.9. The van der Waals surface area contributed by atoms with Gasteiger partial charge < -0.3 is 4.74 Å². The summed E-state index contributed by atoms with van der Waals surface area (Å²) in [6, 6.07) is 13.7. The molecule has 0 fully saturated rings. The predicted octanol–water partition coefficient (Wildman–Crippen LogP) is 3.62. The first-order valence-electron chi connectivity index (χ1n) is 5.62. The summed E-state index contributed by atoms with van der Waals surface area (Å²) in [6.45, 7) is 0. The van der Waals surface area contributed by atoms with Crippen molar-refractivity contribution >= 4 is 21.4 Å². The van der Waals surface area contributed by atoms with E-state index in [4.69, 9.17) is 16.3 Å². The van der Waals surface area contributed by atoms with E-state index in [2.05, 4.69) is 0 Å². The molecule has 0 bridgehead atoms. The van der Waals surface area contributed by atoms with E-state index in [1.807, 2.05) is 24.3 Å². The second-order valence-electron chi connectivity index (χ2n) is 4.12. The van der Waals surface area contributed by atoms with E-state index < -0.39 is 9.84 Å². The van der Waals surface area contributed by atoms with Gasteiger partial charge in [-0.1, -0.05) is 12.1 Å². The smallest absolute Gasteiger partial charge is 0.175 e. The number of hydrogen-bond acceptors (Lipinski definition) is 3. The van der Waals surface area contributed by atoms with Gasteiger partial charge in [-0.15, -0.1) is 11.6 Å². The summed E-state index contributed by atoms with van der Waals surface area (Å²) in [5.74, 6) is 1.73. The minimum Gasteiger partial charge on any atom is -0.457 e. The van der Waals surface area contributed by atoms with Crippen LogP contribution < -0.4 is 4.74 Å². The second-order valence-corrected chi connectivity index (χ2v) is 6.41. The summed E-state index contributed by atoms with van der Waals surface area (Å²) in [7, 11) is -3.17. The van der Waals surface area contributed by atoms with Crippen molar-refractivity contribution in [3.05, 3.63) is 54.1 Å². The Morgan fingerprint density at radius 2 is 1.42 bits per heavy atom. The van der Waals surface area contributed by atoms with Crippen molar-refractivity contribution in [3.8, 4) is 11.5 Å².